The Morgan fingerprint density at radius 1 is 0.960 bits per heavy atom. The molecule has 0 unspecified atom stereocenters. The van der Waals surface area contributed by atoms with Crippen LogP contribution in [0.15, 0.2) is 36.4 Å². The van der Waals surface area contributed by atoms with Gasteiger partial charge in [-0.2, -0.15) is 0 Å². The predicted octanol–water partition coefficient (Wildman–Crippen LogP) is 4.28. The number of unbranched alkanes of at least 4 members (excludes halogenated alkanes) is 3. The molecule has 0 saturated carbocycles. The second-order valence-electron chi connectivity index (χ2n) is 6.07. The monoisotopic (exact) mass is 340 g/mol. The summed E-state index contributed by atoms with van der Waals surface area (Å²) < 4.78 is 0. The molecule has 0 fully saturated rings. The van der Waals surface area contributed by atoms with Crippen molar-refractivity contribution in [2.24, 2.45) is 0 Å². The molecule has 2 N–H and O–H groups in total. The normalized spacial score (nSPS) is 10.5. The molecule has 0 saturated heterocycles. The fraction of sp³-hybridized carbons (Fsp3) is 0.450. The Morgan fingerprint density at radius 2 is 1.72 bits per heavy atom. The average molecular weight is 340 g/mol. The summed E-state index contributed by atoms with van der Waals surface area (Å²) in [5.41, 5.74) is 1.31. The van der Waals surface area contributed by atoms with Crippen LogP contribution in [-0.4, -0.2) is 29.0 Å². The van der Waals surface area contributed by atoms with Gasteiger partial charge in [-0.3, -0.25) is 4.79 Å². The second kappa shape index (κ2) is 10.4. The number of nitrogens with zero attached hydrogens (tertiary/aromatic N) is 2. The summed E-state index contributed by atoms with van der Waals surface area (Å²) >= 11 is 0. The van der Waals surface area contributed by atoms with Crippen LogP contribution in [0.5, 0.6) is 0 Å². The van der Waals surface area contributed by atoms with E-state index in [1.54, 1.807) is 6.07 Å². The zero-order valence-corrected chi connectivity index (χ0v) is 15.2. The molecular formula is C20H28N4O. The van der Waals surface area contributed by atoms with E-state index in [9.17, 15) is 4.79 Å². The first-order valence-electron chi connectivity index (χ1n) is 9.21. The zero-order chi connectivity index (χ0) is 17.9. The summed E-state index contributed by atoms with van der Waals surface area (Å²) in [5.74, 6) is 1.12. The maximum Gasteiger partial charge on any atom is 0.270 e. The average Bonchev–Trinajstić information content (AvgIpc) is 2.66. The van der Waals surface area contributed by atoms with Crippen LogP contribution in [0.2, 0.25) is 0 Å². The van der Waals surface area contributed by atoms with Crippen molar-refractivity contribution in [3.05, 3.63) is 42.1 Å². The highest BCUT2D eigenvalue weighted by Crippen LogP contribution is 2.18. The van der Waals surface area contributed by atoms with Crippen molar-refractivity contribution in [3.8, 4) is 11.4 Å². The minimum Gasteiger partial charge on any atom is -0.370 e. The van der Waals surface area contributed by atoms with E-state index in [0.29, 0.717) is 23.9 Å². The molecular weight excluding hydrogens is 312 g/mol. The van der Waals surface area contributed by atoms with Crippen LogP contribution in [-0.2, 0) is 0 Å². The summed E-state index contributed by atoms with van der Waals surface area (Å²) in [4.78, 5) is 21.4. The van der Waals surface area contributed by atoms with Crippen molar-refractivity contribution in [1.82, 2.24) is 15.3 Å². The van der Waals surface area contributed by atoms with Crippen LogP contribution in [0.1, 0.15) is 56.4 Å². The molecule has 0 aliphatic heterocycles. The Bertz CT molecular complexity index is 658. The van der Waals surface area contributed by atoms with Crippen molar-refractivity contribution in [3.63, 3.8) is 0 Å². The fourth-order valence-corrected chi connectivity index (χ4v) is 2.43. The summed E-state index contributed by atoms with van der Waals surface area (Å²) in [6.07, 6.45) is 5.44. The van der Waals surface area contributed by atoms with Crippen LogP contribution < -0.4 is 10.6 Å². The Balaban J connectivity index is 2.20. The SMILES string of the molecule is CCCCCNc1cc(C(=O)NCCCC)nc(-c2ccccc2)n1. The van der Waals surface area contributed by atoms with Crippen molar-refractivity contribution in [2.75, 3.05) is 18.4 Å². The van der Waals surface area contributed by atoms with Crippen LogP contribution in [0, 0.1) is 0 Å². The summed E-state index contributed by atoms with van der Waals surface area (Å²) in [5, 5.41) is 6.25. The molecule has 1 aromatic carbocycles. The van der Waals surface area contributed by atoms with Gasteiger partial charge >= 0.3 is 0 Å². The fourth-order valence-electron chi connectivity index (χ4n) is 2.43. The van der Waals surface area contributed by atoms with Crippen molar-refractivity contribution >= 4 is 11.7 Å². The summed E-state index contributed by atoms with van der Waals surface area (Å²) in [6.45, 7) is 5.79. The summed E-state index contributed by atoms with van der Waals surface area (Å²) in [7, 11) is 0. The third-order valence-corrected chi connectivity index (χ3v) is 3.89. The largest absolute Gasteiger partial charge is 0.370 e. The highest BCUT2D eigenvalue weighted by molar-refractivity contribution is 5.93. The molecule has 25 heavy (non-hydrogen) atoms. The minimum atomic E-state index is -0.148. The van der Waals surface area contributed by atoms with E-state index in [-0.39, 0.29) is 5.91 Å². The molecule has 2 aromatic rings. The van der Waals surface area contributed by atoms with Gasteiger partial charge in [0.15, 0.2) is 5.82 Å². The number of aromatic nitrogens is 2. The third-order valence-electron chi connectivity index (χ3n) is 3.89. The number of benzene rings is 1. The standard InChI is InChI=1S/C20H28N4O/c1-3-5-10-14-21-18-15-17(20(25)22-13-6-4-2)23-19(24-18)16-11-8-7-9-12-16/h7-9,11-12,15H,3-6,10,13-14H2,1-2H3,(H,22,25)(H,21,23,24). The smallest absolute Gasteiger partial charge is 0.270 e. The highest BCUT2D eigenvalue weighted by atomic mass is 16.1. The first-order valence-corrected chi connectivity index (χ1v) is 9.21. The topological polar surface area (TPSA) is 66.9 Å². The van der Waals surface area contributed by atoms with Crippen molar-refractivity contribution < 1.29 is 4.79 Å². The maximum absolute atomic E-state index is 12.4. The van der Waals surface area contributed by atoms with E-state index in [1.165, 1.54) is 12.8 Å². The molecule has 0 radical (unpaired) electrons. The van der Waals surface area contributed by atoms with E-state index in [1.807, 2.05) is 30.3 Å². The molecule has 0 bridgehead atoms. The van der Waals surface area contributed by atoms with Gasteiger partial charge in [-0.1, -0.05) is 63.4 Å². The Morgan fingerprint density at radius 3 is 2.44 bits per heavy atom. The zero-order valence-electron chi connectivity index (χ0n) is 15.2. The number of hydrogen-bond acceptors (Lipinski definition) is 4. The summed E-state index contributed by atoms with van der Waals surface area (Å²) in [6, 6.07) is 11.5. The number of hydrogen-bond donors (Lipinski definition) is 2. The number of amides is 1. The molecule has 1 aromatic heterocycles. The third kappa shape index (κ3) is 6.18. The van der Waals surface area contributed by atoms with Gasteiger partial charge in [-0.25, -0.2) is 9.97 Å². The Kier molecular flexibility index (Phi) is 7.89. The van der Waals surface area contributed by atoms with Gasteiger partial charge in [0, 0.05) is 24.7 Å². The number of rotatable bonds is 10. The highest BCUT2D eigenvalue weighted by Gasteiger charge is 2.12. The van der Waals surface area contributed by atoms with E-state index in [2.05, 4.69) is 34.4 Å². The van der Waals surface area contributed by atoms with Crippen molar-refractivity contribution in [1.29, 1.82) is 0 Å². The van der Waals surface area contributed by atoms with Gasteiger partial charge < -0.3 is 10.6 Å². The second-order valence-corrected chi connectivity index (χ2v) is 6.07. The van der Waals surface area contributed by atoms with E-state index in [0.717, 1.165) is 31.4 Å². The quantitative estimate of drug-likeness (QED) is 0.634. The molecule has 5 nitrogen and oxygen atoms in total. The molecule has 2 rings (SSSR count). The number of carbonyl (C=O) groups excluding carboxylic acids is 1. The lowest BCUT2D eigenvalue weighted by Crippen LogP contribution is -2.25. The molecule has 1 amide bonds. The number of carbonyl (C=O) groups is 1. The van der Waals surface area contributed by atoms with Crippen LogP contribution in [0.4, 0.5) is 5.82 Å². The first-order chi connectivity index (χ1) is 12.2. The molecule has 0 aliphatic carbocycles. The van der Waals surface area contributed by atoms with Crippen molar-refractivity contribution in [2.45, 2.75) is 46.0 Å². The predicted molar refractivity (Wildman–Crippen MR) is 103 cm³/mol. The van der Waals surface area contributed by atoms with E-state index in [4.69, 9.17) is 0 Å². The van der Waals surface area contributed by atoms with Gasteiger partial charge in [0.25, 0.3) is 5.91 Å². The van der Waals surface area contributed by atoms with Crippen LogP contribution in [0.25, 0.3) is 11.4 Å². The van der Waals surface area contributed by atoms with E-state index < -0.39 is 0 Å². The number of nitrogens with one attached hydrogen (secondary N) is 2. The maximum atomic E-state index is 12.4. The lowest BCUT2D eigenvalue weighted by atomic mass is 10.2. The first kappa shape index (κ1) is 18.9. The Hall–Kier alpha value is -2.43. The molecule has 134 valence electrons. The molecule has 5 heteroatoms. The van der Waals surface area contributed by atoms with Gasteiger partial charge in [-0.05, 0) is 12.8 Å². The van der Waals surface area contributed by atoms with Crippen LogP contribution >= 0.6 is 0 Å². The molecule has 0 atom stereocenters. The van der Waals surface area contributed by atoms with Gasteiger partial charge in [-0.15, -0.1) is 0 Å². The van der Waals surface area contributed by atoms with Crippen LogP contribution in [0.3, 0.4) is 0 Å². The van der Waals surface area contributed by atoms with E-state index >= 15 is 0 Å². The molecule has 0 aliphatic rings. The lowest BCUT2D eigenvalue weighted by Gasteiger charge is -2.10. The number of anilines is 1. The van der Waals surface area contributed by atoms with Gasteiger partial charge in [0.05, 0.1) is 0 Å². The van der Waals surface area contributed by atoms with Gasteiger partial charge in [0.2, 0.25) is 0 Å². The molecule has 1 heterocycles. The lowest BCUT2D eigenvalue weighted by molar-refractivity contribution is 0.0948. The molecule has 0 spiro atoms. The minimum absolute atomic E-state index is 0.148. The van der Waals surface area contributed by atoms with Gasteiger partial charge in [0.1, 0.15) is 11.5 Å². The Labute approximate surface area is 150 Å².